The number of rotatable bonds is 17. The van der Waals surface area contributed by atoms with Crippen LogP contribution in [-0.4, -0.2) is 31.1 Å². The number of alkyl halides is 1. The lowest BCUT2D eigenvalue weighted by Crippen LogP contribution is -2.07. The third kappa shape index (κ3) is 19.6. The Bertz CT molecular complexity index is 280. The van der Waals surface area contributed by atoms with E-state index in [9.17, 15) is 4.79 Å². The van der Waals surface area contributed by atoms with E-state index in [0.29, 0.717) is 19.6 Å². The Morgan fingerprint density at radius 1 is 0.870 bits per heavy atom. The molecule has 0 radical (unpaired) electrons. The fourth-order valence-electron chi connectivity index (χ4n) is 2.11. The average Bonchev–Trinajstić information content (AvgIpc) is 2.55. The summed E-state index contributed by atoms with van der Waals surface area (Å²) in [5.74, 6) is -0.0893. The molecule has 23 heavy (non-hydrogen) atoms. The van der Waals surface area contributed by atoms with Crippen molar-refractivity contribution in [2.24, 2.45) is 0 Å². The van der Waals surface area contributed by atoms with E-state index in [1.165, 1.54) is 38.5 Å². The molecule has 0 aromatic carbocycles. The first-order valence-corrected chi connectivity index (χ1v) is 10.4. The van der Waals surface area contributed by atoms with Crippen molar-refractivity contribution < 1.29 is 14.3 Å². The molecule has 0 fully saturated rings. The van der Waals surface area contributed by atoms with E-state index in [2.05, 4.69) is 35.0 Å². The van der Waals surface area contributed by atoms with Crippen molar-refractivity contribution in [2.75, 3.05) is 25.2 Å². The molecule has 0 saturated heterocycles. The van der Waals surface area contributed by atoms with Crippen LogP contribution in [0.5, 0.6) is 0 Å². The number of carbonyl (C=O) groups excluding carboxylic acids is 1. The van der Waals surface area contributed by atoms with Crippen molar-refractivity contribution in [3.63, 3.8) is 0 Å². The maximum absolute atomic E-state index is 11.5. The molecule has 3 nitrogen and oxygen atoms in total. The molecule has 0 aliphatic carbocycles. The van der Waals surface area contributed by atoms with Crippen LogP contribution in [0.2, 0.25) is 0 Å². The Morgan fingerprint density at radius 3 is 2.39 bits per heavy atom. The van der Waals surface area contributed by atoms with Gasteiger partial charge in [0.25, 0.3) is 0 Å². The van der Waals surface area contributed by atoms with Gasteiger partial charge < -0.3 is 9.47 Å². The molecular weight excluding hydrogens is 356 g/mol. The lowest BCUT2D eigenvalue weighted by molar-refractivity contribution is -0.144. The summed E-state index contributed by atoms with van der Waals surface area (Å²) in [5, 5.41) is 1.08. The zero-order valence-corrected chi connectivity index (χ0v) is 16.5. The highest BCUT2D eigenvalue weighted by atomic mass is 79.9. The van der Waals surface area contributed by atoms with Gasteiger partial charge in [-0.05, 0) is 32.1 Å². The fraction of sp³-hybridized carbons (Fsp3) is 0.842. The van der Waals surface area contributed by atoms with Crippen LogP contribution < -0.4 is 0 Å². The number of ether oxygens (including phenoxy) is 2. The third-order valence-electron chi connectivity index (χ3n) is 3.53. The molecule has 0 aliphatic heterocycles. The van der Waals surface area contributed by atoms with Crippen LogP contribution in [0, 0.1) is 0 Å². The van der Waals surface area contributed by atoms with Gasteiger partial charge in [-0.1, -0.05) is 67.1 Å². The summed E-state index contributed by atoms with van der Waals surface area (Å²) in [6, 6.07) is 0. The number of carbonyl (C=O) groups is 1. The van der Waals surface area contributed by atoms with Gasteiger partial charge in [-0.2, -0.15) is 0 Å². The van der Waals surface area contributed by atoms with Crippen LogP contribution in [-0.2, 0) is 14.3 Å². The predicted octanol–water partition coefficient (Wildman–Crippen LogP) is 5.81. The molecule has 0 bridgehead atoms. The molecule has 0 spiro atoms. The molecule has 0 heterocycles. The monoisotopic (exact) mass is 390 g/mol. The standard InChI is InChI=1S/C19H35BrO3/c1-2-3-4-5-8-11-16-22-17-13-14-19(21)23-18-12-9-6-7-10-15-20/h5,8H,2-4,6-7,9-18H2,1H3/b8-5-. The molecule has 0 aromatic heterocycles. The van der Waals surface area contributed by atoms with Crippen molar-refractivity contribution in [1.29, 1.82) is 0 Å². The smallest absolute Gasteiger partial charge is 0.305 e. The van der Waals surface area contributed by atoms with Crippen LogP contribution in [0.15, 0.2) is 12.2 Å². The Kier molecular flexibility index (Phi) is 19.4. The van der Waals surface area contributed by atoms with Gasteiger partial charge in [0.1, 0.15) is 0 Å². The number of halogens is 1. The first-order valence-electron chi connectivity index (χ1n) is 9.25. The summed E-state index contributed by atoms with van der Waals surface area (Å²) in [4.78, 5) is 11.5. The predicted molar refractivity (Wildman–Crippen MR) is 101 cm³/mol. The largest absolute Gasteiger partial charge is 0.466 e. The molecule has 0 saturated carbocycles. The van der Waals surface area contributed by atoms with Gasteiger partial charge in [0.15, 0.2) is 0 Å². The summed E-state index contributed by atoms with van der Waals surface area (Å²) >= 11 is 3.42. The normalized spacial score (nSPS) is 11.2. The van der Waals surface area contributed by atoms with Crippen molar-refractivity contribution in [3.8, 4) is 0 Å². The van der Waals surface area contributed by atoms with Gasteiger partial charge in [0.05, 0.1) is 13.2 Å². The van der Waals surface area contributed by atoms with E-state index in [1.807, 2.05) is 0 Å². The highest BCUT2D eigenvalue weighted by Gasteiger charge is 2.02. The minimum Gasteiger partial charge on any atom is -0.466 e. The Balaban J connectivity index is 3.20. The van der Waals surface area contributed by atoms with Gasteiger partial charge in [-0.15, -0.1) is 0 Å². The van der Waals surface area contributed by atoms with Gasteiger partial charge in [-0.3, -0.25) is 4.79 Å². The van der Waals surface area contributed by atoms with Crippen LogP contribution in [0.4, 0.5) is 0 Å². The Hall–Kier alpha value is -0.350. The molecular formula is C19H35BrO3. The lowest BCUT2D eigenvalue weighted by atomic mass is 10.2. The molecule has 0 N–H and O–H groups in total. The molecule has 4 heteroatoms. The summed E-state index contributed by atoms with van der Waals surface area (Å²) in [5.41, 5.74) is 0. The second kappa shape index (κ2) is 19.7. The first kappa shape index (κ1) is 22.6. The van der Waals surface area contributed by atoms with Crippen LogP contribution in [0.3, 0.4) is 0 Å². The highest BCUT2D eigenvalue weighted by molar-refractivity contribution is 9.09. The number of unbranched alkanes of at least 4 members (excludes halogenated alkanes) is 6. The summed E-state index contributed by atoms with van der Waals surface area (Å²) in [6.07, 6.45) is 16.1. The van der Waals surface area contributed by atoms with Crippen molar-refractivity contribution in [3.05, 3.63) is 12.2 Å². The topological polar surface area (TPSA) is 35.5 Å². The fourth-order valence-corrected chi connectivity index (χ4v) is 2.51. The van der Waals surface area contributed by atoms with Crippen LogP contribution in [0.1, 0.15) is 77.6 Å². The Morgan fingerprint density at radius 2 is 1.61 bits per heavy atom. The minimum atomic E-state index is -0.0893. The number of esters is 1. The molecule has 0 amide bonds. The second-order valence-electron chi connectivity index (χ2n) is 5.80. The first-order chi connectivity index (χ1) is 11.3. The molecule has 136 valence electrons. The van der Waals surface area contributed by atoms with E-state index >= 15 is 0 Å². The maximum atomic E-state index is 11.5. The third-order valence-corrected chi connectivity index (χ3v) is 4.09. The van der Waals surface area contributed by atoms with Crippen molar-refractivity contribution >= 4 is 21.9 Å². The van der Waals surface area contributed by atoms with Gasteiger partial charge >= 0.3 is 5.97 Å². The van der Waals surface area contributed by atoms with Crippen molar-refractivity contribution in [2.45, 2.75) is 77.6 Å². The van der Waals surface area contributed by atoms with Crippen molar-refractivity contribution in [1.82, 2.24) is 0 Å². The summed E-state index contributed by atoms with van der Waals surface area (Å²) in [6.45, 7) is 4.15. The van der Waals surface area contributed by atoms with E-state index in [4.69, 9.17) is 9.47 Å². The number of hydrogen-bond acceptors (Lipinski definition) is 3. The average molecular weight is 391 g/mol. The van der Waals surface area contributed by atoms with Gasteiger partial charge in [0, 0.05) is 18.4 Å². The molecule has 0 aliphatic rings. The molecule has 0 rings (SSSR count). The van der Waals surface area contributed by atoms with Gasteiger partial charge in [-0.25, -0.2) is 0 Å². The molecule has 0 atom stereocenters. The van der Waals surface area contributed by atoms with Gasteiger partial charge in [0.2, 0.25) is 0 Å². The summed E-state index contributed by atoms with van der Waals surface area (Å²) in [7, 11) is 0. The number of hydrogen-bond donors (Lipinski definition) is 0. The highest BCUT2D eigenvalue weighted by Crippen LogP contribution is 2.05. The SMILES string of the molecule is CCCC/C=C\CCOCCCC(=O)OCCCCCCCBr. The zero-order valence-electron chi connectivity index (χ0n) is 14.9. The number of allylic oxidation sites excluding steroid dienone is 1. The second-order valence-corrected chi connectivity index (χ2v) is 6.59. The Labute approximate surface area is 151 Å². The zero-order chi connectivity index (χ0) is 17.0. The summed E-state index contributed by atoms with van der Waals surface area (Å²) < 4.78 is 10.7. The quantitative estimate of drug-likeness (QED) is 0.136. The van der Waals surface area contributed by atoms with E-state index in [1.54, 1.807) is 0 Å². The lowest BCUT2D eigenvalue weighted by Gasteiger charge is -2.05. The minimum absolute atomic E-state index is 0.0893. The molecule has 0 aromatic rings. The van der Waals surface area contributed by atoms with E-state index in [-0.39, 0.29) is 5.97 Å². The van der Waals surface area contributed by atoms with Crippen LogP contribution >= 0.6 is 15.9 Å². The maximum Gasteiger partial charge on any atom is 0.305 e. The molecule has 0 unspecified atom stereocenters. The van der Waals surface area contributed by atoms with E-state index < -0.39 is 0 Å². The van der Waals surface area contributed by atoms with Crippen LogP contribution in [0.25, 0.3) is 0 Å². The van der Waals surface area contributed by atoms with E-state index in [0.717, 1.165) is 37.6 Å².